The lowest BCUT2D eigenvalue weighted by atomic mass is 10.0. The lowest BCUT2D eigenvalue weighted by Crippen LogP contribution is -2.30. The Hall–Kier alpha value is -2.63. The molecule has 0 bridgehead atoms. The summed E-state index contributed by atoms with van der Waals surface area (Å²) >= 11 is 0. The summed E-state index contributed by atoms with van der Waals surface area (Å²) in [6.07, 6.45) is 71.0. The van der Waals surface area contributed by atoms with Crippen LogP contribution in [0.5, 0.6) is 0 Å². The number of allylic oxidation sites excluding steroid dienone is 8. The molecule has 0 aromatic heterocycles. The van der Waals surface area contributed by atoms with Crippen LogP contribution in [0.2, 0.25) is 0 Å². The van der Waals surface area contributed by atoms with Gasteiger partial charge >= 0.3 is 17.9 Å². The highest BCUT2D eigenvalue weighted by molar-refractivity contribution is 5.71. The van der Waals surface area contributed by atoms with Gasteiger partial charge in [0.25, 0.3) is 0 Å². The Balaban J connectivity index is 4.37. The van der Waals surface area contributed by atoms with E-state index >= 15 is 0 Å². The maximum atomic E-state index is 12.9. The van der Waals surface area contributed by atoms with E-state index in [2.05, 4.69) is 69.4 Å². The summed E-state index contributed by atoms with van der Waals surface area (Å²) in [5.74, 6) is -0.878. The fraction of sp³-hybridized carbons (Fsp3) is 0.825. The van der Waals surface area contributed by atoms with Gasteiger partial charge in [-0.2, -0.15) is 0 Å². The molecule has 0 N–H and O–H groups in total. The molecule has 0 aromatic carbocycles. The molecule has 0 amide bonds. The molecule has 0 rings (SSSR count). The zero-order valence-electron chi connectivity index (χ0n) is 46.1. The monoisotopic (exact) mass is 967 g/mol. The van der Waals surface area contributed by atoms with E-state index in [-0.39, 0.29) is 31.1 Å². The molecule has 0 aromatic rings. The minimum absolute atomic E-state index is 0.0769. The molecule has 6 heteroatoms. The molecule has 0 aliphatic carbocycles. The number of hydrogen-bond acceptors (Lipinski definition) is 6. The molecule has 1 atom stereocenters. The summed E-state index contributed by atoms with van der Waals surface area (Å²) < 4.78 is 16.9. The van der Waals surface area contributed by atoms with Gasteiger partial charge in [0.15, 0.2) is 6.10 Å². The van der Waals surface area contributed by atoms with Crippen LogP contribution in [0.1, 0.15) is 316 Å². The molecule has 402 valence electrons. The molecule has 1 unspecified atom stereocenters. The first-order valence-corrected chi connectivity index (χ1v) is 30.1. The van der Waals surface area contributed by atoms with E-state index in [0.717, 1.165) is 89.9 Å². The SMILES string of the molecule is CCCCC/C=C\C/C=C\CCCCCCCCCCCC(=O)OCC(COC(=O)CCCCCCCCCCCCCCCCCC)OC(=O)CCCCCCC/C=C\C/C=C\CCCCCC. The predicted molar refractivity (Wildman–Crippen MR) is 298 cm³/mol. The Labute approximate surface area is 428 Å². The second-order valence-electron chi connectivity index (χ2n) is 20.3. The van der Waals surface area contributed by atoms with E-state index in [1.807, 2.05) is 0 Å². The van der Waals surface area contributed by atoms with Gasteiger partial charge < -0.3 is 14.2 Å². The van der Waals surface area contributed by atoms with Crippen LogP contribution in [0.3, 0.4) is 0 Å². The van der Waals surface area contributed by atoms with Crippen LogP contribution < -0.4 is 0 Å². The van der Waals surface area contributed by atoms with Crippen LogP contribution in [-0.4, -0.2) is 37.2 Å². The highest BCUT2D eigenvalue weighted by Gasteiger charge is 2.19. The molecule has 6 nitrogen and oxygen atoms in total. The molecule has 0 radical (unpaired) electrons. The first-order chi connectivity index (χ1) is 34.0. The van der Waals surface area contributed by atoms with Crippen LogP contribution in [0.15, 0.2) is 48.6 Å². The summed E-state index contributed by atoms with van der Waals surface area (Å²) in [5, 5.41) is 0. The molecular formula is C63H114O6. The Morgan fingerprint density at radius 3 is 0.841 bits per heavy atom. The molecule has 0 heterocycles. The maximum Gasteiger partial charge on any atom is 0.306 e. The van der Waals surface area contributed by atoms with Gasteiger partial charge in [-0.3, -0.25) is 14.4 Å². The fourth-order valence-corrected chi connectivity index (χ4v) is 8.74. The van der Waals surface area contributed by atoms with Crippen LogP contribution in [-0.2, 0) is 28.6 Å². The Morgan fingerprint density at radius 1 is 0.290 bits per heavy atom. The highest BCUT2D eigenvalue weighted by Crippen LogP contribution is 2.16. The quantitative estimate of drug-likeness (QED) is 0.0262. The number of carbonyl (C=O) groups is 3. The molecule has 0 fully saturated rings. The smallest absolute Gasteiger partial charge is 0.306 e. The third kappa shape index (κ3) is 56.2. The second kappa shape index (κ2) is 57.9. The maximum absolute atomic E-state index is 12.9. The lowest BCUT2D eigenvalue weighted by Gasteiger charge is -2.18. The number of unbranched alkanes of at least 4 members (excludes halogenated alkanes) is 36. The lowest BCUT2D eigenvalue weighted by molar-refractivity contribution is -0.167. The number of esters is 3. The molecule has 0 saturated heterocycles. The van der Waals surface area contributed by atoms with Gasteiger partial charge in [-0.25, -0.2) is 0 Å². The normalized spacial score (nSPS) is 12.3. The molecule has 0 aliphatic heterocycles. The van der Waals surface area contributed by atoms with E-state index in [1.165, 1.54) is 186 Å². The number of hydrogen-bond donors (Lipinski definition) is 0. The number of carbonyl (C=O) groups excluding carboxylic acids is 3. The minimum atomic E-state index is -0.780. The summed E-state index contributed by atoms with van der Waals surface area (Å²) in [6.45, 7) is 6.63. The standard InChI is InChI=1S/C63H114O6/c1-4-7-10-13-16-19-22-25-28-31-32-33-36-38-41-44-47-50-53-56-62(65)68-59-60(69-63(66)57-54-51-48-45-42-39-35-30-27-24-21-18-15-12-9-6-3)58-67-61(64)55-52-49-46-43-40-37-34-29-26-23-20-17-14-11-8-5-2/h16,19,21,24-25,28,30,35,60H,4-15,17-18,20,22-23,26-27,29,31-34,36-59H2,1-3H3/b19-16-,24-21-,28-25-,35-30-. The van der Waals surface area contributed by atoms with Crippen molar-refractivity contribution in [2.45, 2.75) is 322 Å². The van der Waals surface area contributed by atoms with Crippen LogP contribution in [0, 0.1) is 0 Å². The van der Waals surface area contributed by atoms with E-state index < -0.39 is 6.10 Å². The van der Waals surface area contributed by atoms with Crippen molar-refractivity contribution in [2.75, 3.05) is 13.2 Å². The van der Waals surface area contributed by atoms with E-state index in [4.69, 9.17) is 14.2 Å². The number of ether oxygens (including phenoxy) is 3. The zero-order chi connectivity index (χ0) is 50.0. The van der Waals surface area contributed by atoms with Gasteiger partial charge in [0.1, 0.15) is 13.2 Å². The van der Waals surface area contributed by atoms with Crippen molar-refractivity contribution in [2.24, 2.45) is 0 Å². The van der Waals surface area contributed by atoms with Crippen LogP contribution >= 0.6 is 0 Å². The third-order valence-electron chi connectivity index (χ3n) is 13.3. The highest BCUT2D eigenvalue weighted by atomic mass is 16.6. The van der Waals surface area contributed by atoms with E-state index in [0.29, 0.717) is 19.3 Å². The molecule has 69 heavy (non-hydrogen) atoms. The van der Waals surface area contributed by atoms with Crippen molar-refractivity contribution in [3.05, 3.63) is 48.6 Å². The van der Waals surface area contributed by atoms with Crippen molar-refractivity contribution in [3.63, 3.8) is 0 Å². The van der Waals surface area contributed by atoms with Crippen molar-refractivity contribution < 1.29 is 28.6 Å². The van der Waals surface area contributed by atoms with Crippen molar-refractivity contribution in [1.29, 1.82) is 0 Å². The Kier molecular flexibility index (Phi) is 55.7. The second-order valence-corrected chi connectivity index (χ2v) is 20.3. The first-order valence-electron chi connectivity index (χ1n) is 30.1. The van der Waals surface area contributed by atoms with Crippen LogP contribution in [0.25, 0.3) is 0 Å². The fourth-order valence-electron chi connectivity index (χ4n) is 8.74. The van der Waals surface area contributed by atoms with Crippen molar-refractivity contribution >= 4 is 17.9 Å². The third-order valence-corrected chi connectivity index (χ3v) is 13.3. The molecule has 0 spiro atoms. The van der Waals surface area contributed by atoms with E-state index in [1.54, 1.807) is 0 Å². The first kappa shape index (κ1) is 66.4. The van der Waals surface area contributed by atoms with Crippen LogP contribution in [0.4, 0.5) is 0 Å². The molecular weight excluding hydrogens is 853 g/mol. The number of rotatable bonds is 55. The summed E-state index contributed by atoms with van der Waals surface area (Å²) in [7, 11) is 0. The Bertz CT molecular complexity index is 1200. The largest absolute Gasteiger partial charge is 0.462 e. The predicted octanol–water partition coefficient (Wildman–Crippen LogP) is 20.2. The average molecular weight is 968 g/mol. The van der Waals surface area contributed by atoms with Gasteiger partial charge in [-0.1, -0.05) is 262 Å². The van der Waals surface area contributed by atoms with Gasteiger partial charge in [0.2, 0.25) is 0 Å². The van der Waals surface area contributed by atoms with Gasteiger partial charge in [0.05, 0.1) is 0 Å². The minimum Gasteiger partial charge on any atom is -0.462 e. The van der Waals surface area contributed by atoms with Crippen molar-refractivity contribution in [3.8, 4) is 0 Å². The topological polar surface area (TPSA) is 78.9 Å². The Morgan fingerprint density at radius 2 is 0.522 bits per heavy atom. The average Bonchev–Trinajstić information content (AvgIpc) is 3.35. The van der Waals surface area contributed by atoms with Gasteiger partial charge in [-0.05, 0) is 83.5 Å². The summed E-state index contributed by atoms with van der Waals surface area (Å²) in [6, 6.07) is 0. The molecule has 0 aliphatic rings. The van der Waals surface area contributed by atoms with Crippen molar-refractivity contribution in [1.82, 2.24) is 0 Å². The zero-order valence-corrected chi connectivity index (χ0v) is 46.1. The summed E-state index contributed by atoms with van der Waals surface area (Å²) in [5.41, 5.74) is 0. The van der Waals surface area contributed by atoms with Gasteiger partial charge in [-0.15, -0.1) is 0 Å². The molecule has 0 saturated carbocycles. The van der Waals surface area contributed by atoms with Gasteiger partial charge in [0, 0.05) is 19.3 Å². The van der Waals surface area contributed by atoms with E-state index in [9.17, 15) is 14.4 Å². The summed E-state index contributed by atoms with van der Waals surface area (Å²) in [4.78, 5) is 38.2.